The van der Waals surface area contributed by atoms with Gasteiger partial charge in [0.05, 0.1) is 6.61 Å². The molecule has 1 aliphatic rings. The molecule has 0 radical (unpaired) electrons. The molecule has 4 nitrogen and oxygen atoms in total. The molecule has 0 aromatic carbocycles. The lowest BCUT2D eigenvalue weighted by Crippen LogP contribution is -2.33. The summed E-state index contributed by atoms with van der Waals surface area (Å²) in [5, 5.41) is 2.54. The van der Waals surface area contributed by atoms with Gasteiger partial charge >= 0.3 is 6.18 Å². The number of nitrogens with two attached hydrogens (primary N) is 1. The van der Waals surface area contributed by atoms with Crippen molar-refractivity contribution < 1.29 is 22.7 Å². The zero-order valence-corrected chi connectivity index (χ0v) is 9.43. The second-order valence-electron chi connectivity index (χ2n) is 4.23. The third kappa shape index (κ3) is 5.88. The van der Waals surface area contributed by atoms with Crippen LogP contribution in [0.25, 0.3) is 0 Å². The summed E-state index contributed by atoms with van der Waals surface area (Å²) in [5.41, 5.74) is 5.66. The van der Waals surface area contributed by atoms with Crippen molar-refractivity contribution in [2.24, 2.45) is 11.7 Å². The largest absolute Gasteiger partial charge is 0.411 e. The number of carbonyl (C=O) groups excluding carboxylic acids is 1. The highest BCUT2D eigenvalue weighted by Crippen LogP contribution is 2.23. The van der Waals surface area contributed by atoms with E-state index < -0.39 is 12.8 Å². The fourth-order valence-corrected chi connectivity index (χ4v) is 1.83. The van der Waals surface area contributed by atoms with E-state index >= 15 is 0 Å². The first-order chi connectivity index (χ1) is 7.88. The molecule has 3 N–H and O–H groups in total. The molecule has 17 heavy (non-hydrogen) atoms. The average molecular weight is 254 g/mol. The first-order valence-electron chi connectivity index (χ1n) is 5.56. The van der Waals surface area contributed by atoms with Crippen LogP contribution in [-0.2, 0) is 9.53 Å². The van der Waals surface area contributed by atoms with Crippen molar-refractivity contribution in [2.45, 2.75) is 31.5 Å². The summed E-state index contributed by atoms with van der Waals surface area (Å²) >= 11 is 0. The third-order valence-corrected chi connectivity index (χ3v) is 2.66. The van der Waals surface area contributed by atoms with Gasteiger partial charge in [0.25, 0.3) is 0 Å². The van der Waals surface area contributed by atoms with Crippen LogP contribution in [0.5, 0.6) is 0 Å². The van der Waals surface area contributed by atoms with Crippen molar-refractivity contribution >= 4 is 5.91 Å². The molecular formula is C10H17F3N2O2. The molecule has 0 saturated heterocycles. The Balaban J connectivity index is 2.05. The third-order valence-electron chi connectivity index (χ3n) is 2.66. The van der Waals surface area contributed by atoms with E-state index in [1.54, 1.807) is 0 Å². The summed E-state index contributed by atoms with van der Waals surface area (Å²) < 4.78 is 39.5. The fourth-order valence-electron chi connectivity index (χ4n) is 1.83. The number of halogens is 3. The van der Waals surface area contributed by atoms with Gasteiger partial charge in [-0.2, -0.15) is 13.2 Å². The van der Waals surface area contributed by atoms with Crippen molar-refractivity contribution in [3.05, 3.63) is 0 Å². The van der Waals surface area contributed by atoms with E-state index in [0.717, 1.165) is 12.8 Å². The first-order valence-corrected chi connectivity index (χ1v) is 5.56. The predicted molar refractivity (Wildman–Crippen MR) is 55.2 cm³/mol. The SMILES string of the molecule is NC1CCC(C(=O)NCCOCC(F)(F)F)C1. The Bertz CT molecular complexity index is 258. The van der Waals surface area contributed by atoms with Crippen LogP contribution in [0.15, 0.2) is 0 Å². The van der Waals surface area contributed by atoms with Crippen LogP contribution < -0.4 is 11.1 Å². The maximum absolute atomic E-state index is 11.7. The molecule has 2 unspecified atom stereocenters. The maximum atomic E-state index is 11.7. The summed E-state index contributed by atoms with van der Waals surface area (Å²) in [4.78, 5) is 11.5. The van der Waals surface area contributed by atoms with Gasteiger partial charge in [-0.05, 0) is 19.3 Å². The zero-order chi connectivity index (χ0) is 12.9. The van der Waals surface area contributed by atoms with Gasteiger partial charge in [0.1, 0.15) is 6.61 Å². The highest BCUT2D eigenvalue weighted by Gasteiger charge is 2.28. The summed E-state index contributed by atoms with van der Waals surface area (Å²) in [6, 6.07) is 0.0622. The smallest absolute Gasteiger partial charge is 0.370 e. The molecule has 7 heteroatoms. The highest BCUT2D eigenvalue weighted by atomic mass is 19.4. The highest BCUT2D eigenvalue weighted by molar-refractivity contribution is 5.78. The topological polar surface area (TPSA) is 64.4 Å². The Labute approximate surface area is 97.7 Å². The summed E-state index contributed by atoms with van der Waals surface area (Å²) in [7, 11) is 0. The van der Waals surface area contributed by atoms with Gasteiger partial charge in [-0.15, -0.1) is 0 Å². The second kappa shape index (κ2) is 6.20. The molecule has 0 heterocycles. The van der Waals surface area contributed by atoms with Gasteiger partial charge in [-0.25, -0.2) is 0 Å². The number of carbonyl (C=O) groups is 1. The molecule has 100 valence electrons. The Morgan fingerprint density at radius 2 is 2.12 bits per heavy atom. The molecule has 1 fully saturated rings. The van der Waals surface area contributed by atoms with E-state index in [1.165, 1.54) is 0 Å². The van der Waals surface area contributed by atoms with Crippen molar-refractivity contribution in [2.75, 3.05) is 19.8 Å². The Morgan fingerprint density at radius 1 is 1.41 bits per heavy atom. The number of hydrogen-bond donors (Lipinski definition) is 2. The van der Waals surface area contributed by atoms with Gasteiger partial charge < -0.3 is 15.8 Å². The number of hydrogen-bond acceptors (Lipinski definition) is 3. The van der Waals surface area contributed by atoms with E-state index in [1.807, 2.05) is 0 Å². The number of alkyl halides is 3. The molecule has 0 bridgehead atoms. The molecule has 1 saturated carbocycles. The molecule has 1 rings (SSSR count). The molecule has 0 spiro atoms. The van der Waals surface area contributed by atoms with E-state index in [9.17, 15) is 18.0 Å². The Morgan fingerprint density at radius 3 is 2.65 bits per heavy atom. The van der Waals surface area contributed by atoms with Gasteiger partial charge in [-0.3, -0.25) is 4.79 Å². The Hall–Kier alpha value is -0.820. The normalized spacial score (nSPS) is 24.9. The van der Waals surface area contributed by atoms with Crippen LogP contribution >= 0.6 is 0 Å². The lowest BCUT2D eigenvalue weighted by Gasteiger charge is -2.11. The monoisotopic (exact) mass is 254 g/mol. The Kier molecular flexibility index (Phi) is 5.20. The van der Waals surface area contributed by atoms with Gasteiger partial charge in [0.15, 0.2) is 0 Å². The minimum absolute atomic E-state index is 0.0622. The van der Waals surface area contributed by atoms with Crippen molar-refractivity contribution in [1.29, 1.82) is 0 Å². The lowest BCUT2D eigenvalue weighted by atomic mass is 10.1. The molecule has 1 amide bonds. The van der Waals surface area contributed by atoms with Crippen molar-refractivity contribution in [1.82, 2.24) is 5.32 Å². The van der Waals surface area contributed by atoms with Crippen LogP contribution in [-0.4, -0.2) is 37.9 Å². The standard InChI is InChI=1S/C10H17F3N2O2/c11-10(12,13)6-17-4-3-15-9(16)7-1-2-8(14)5-7/h7-8H,1-6,14H2,(H,15,16). The molecule has 2 atom stereocenters. The number of ether oxygens (including phenoxy) is 1. The molecule has 0 aromatic rings. The van der Waals surface area contributed by atoms with Gasteiger partial charge in [0, 0.05) is 18.5 Å². The van der Waals surface area contributed by atoms with Crippen molar-refractivity contribution in [3.8, 4) is 0 Å². The second-order valence-corrected chi connectivity index (χ2v) is 4.23. The zero-order valence-electron chi connectivity index (χ0n) is 9.43. The van der Waals surface area contributed by atoms with E-state index in [4.69, 9.17) is 5.73 Å². The number of rotatable bonds is 5. The summed E-state index contributed by atoms with van der Waals surface area (Å²) in [6.07, 6.45) is -2.10. The maximum Gasteiger partial charge on any atom is 0.411 e. The van der Waals surface area contributed by atoms with Crippen LogP contribution in [0.1, 0.15) is 19.3 Å². The van der Waals surface area contributed by atoms with E-state index in [0.29, 0.717) is 6.42 Å². The number of amides is 1. The fraction of sp³-hybridized carbons (Fsp3) is 0.900. The molecule has 1 aliphatic carbocycles. The van der Waals surface area contributed by atoms with Gasteiger partial charge in [0.2, 0.25) is 5.91 Å². The summed E-state index contributed by atoms with van der Waals surface area (Å²) in [6.45, 7) is -1.32. The van der Waals surface area contributed by atoms with Crippen molar-refractivity contribution in [3.63, 3.8) is 0 Å². The number of nitrogens with one attached hydrogen (secondary N) is 1. The molecule has 0 aliphatic heterocycles. The molecule has 0 aromatic heterocycles. The predicted octanol–water partition coefficient (Wildman–Crippen LogP) is 0.809. The average Bonchev–Trinajstić information content (AvgIpc) is 2.62. The van der Waals surface area contributed by atoms with Crippen LogP contribution in [0.4, 0.5) is 13.2 Å². The molecular weight excluding hydrogens is 237 g/mol. The minimum Gasteiger partial charge on any atom is -0.370 e. The quantitative estimate of drug-likeness (QED) is 0.713. The van der Waals surface area contributed by atoms with Crippen LogP contribution in [0, 0.1) is 5.92 Å². The van der Waals surface area contributed by atoms with E-state index in [-0.39, 0.29) is 31.0 Å². The lowest BCUT2D eigenvalue weighted by molar-refractivity contribution is -0.173. The van der Waals surface area contributed by atoms with E-state index in [2.05, 4.69) is 10.1 Å². The van der Waals surface area contributed by atoms with Gasteiger partial charge in [-0.1, -0.05) is 0 Å². The van der Waals surface area contributed by atoms with Crippen LogP contribution in [0.2, 0.25) is 0 Å². The summed E-state index contributed by atoms with van der Waals surface area (Å²) in [5.74, 6) is -0.249. The first kappa shape index (κ1) is 14.2. The van der Waals surface area contributed by atoms with Crippen LogP contribution in [0.3, 0.4) is 0 Å². The minimum atomic E-state index is -4.32.